The first-order chi connectivity index (χ1) is 17.2. The number of rotatable bonds is 5. The minimum atomic E-state index is -0.820. The van der Waals surface area contributed by atoms with E-state index in [1.54, 1.807) is 13.2 Å². The molecule has 184 valence electrons. The number of hydrogen-bond donors (Lipinski definition) is 1. The number of carbonyl (C=O) groups excluding carboxylic acids is 2. The number of ketones is 1. The number of anilines is 1. The number of aliphatic hydroxyl groups excluding tert-OH is 1. The topological polar surface area (TPSA) is 89.0 Å². The summed E-state index contributed by atoms with van der Waals surface area (Å²) in [6.45, 7) is 5.69. The molecule has 7 nitrogen and oxygen atoms in total. The van der Waals surface area contributed by atoms with Crippen LogP contribution < -0.4 is 14.4 Å². The van der Waals surface area contributed by atoms with E-state index in [0.29, 0.717) is 22.0 Å². The molecule has 0 aliphatic carbocycles. The SMILES string of the molecule is COc1cc2sc(N3C(=O)C(=O)/C(=C(/O)c4cc(C)cc(C)c4OC)C3c3cccs3)nc2cc1C. The molecule has 1 atom stereocenters. The summed E-state index contributed by atoms with van der Waals surface area (Å²) in [7, 11) is 3.12. The lowest BCUT2D eigenvalue weighted by molar-refractivity contribution is -0.132. The van der Waals surface area contributed by atoms with Crippen LogP contribution in [0.5, 0.6) is 11.5 Å². The van der Waals surface area contributed by atoms with Crippen LogP contribution in [0.1, 0.15) is 33.2 Å². The lowest BCUT2D eigenvalue weighted by atomic mass is 9.97. The Kier molecular flexibility index (Phi) is 6.05. The van der Waals surface area contributed by atoms with E-state index in [4.69, 9.17) is 14.5 Å². The molecule has 4 aromatic rings. The van der Waals surface area contributed by atoms with Crippen LogP contribution in [0.4, 0.5) is 5.13 Å². The smallest absolute Gasteiger partial charge is 0.301 e. The largest absolute Gasteiger partial charge is 0.507 e. The zero-order valence-corrected chi connectivity index (χ0v) is 22.0. The van der Waals surface area contributed by atoms with E-state index in [1.165, 1.54) is 34.7 Å². The van der Waals surface area contributed by atoms with Crippen LogP contribution in [0.15, 0.2) is 47.4 Å². The van der Waals surface area contributed by atoms with Crippen molar-refractivity contribution >= 4 is 55.5 Å². The molecule has 1 N–H and O–H groups in total. The van der Waals surface area contributed by atoms with Crippen molar-refractivity contribution in [2.24, 2.45) is 0 Å². The zero-order chi connectivity index (χ0) is 25.7. The second-order valence-electron chi connectivity index (χ2n) is 8.63. The minimum Gasteiger partial charge on any atom is -0.507 e. The Bertz CT molecular complexity index is 1550. The minimum absolute atomic E-state index is 0.0127. The maximum atomic E-state index is 13.5. The number of methoxy groups -OCH3 is 2. The van der Waals surface area contributed by atoms with Crippen LogP contribution in [-0.4, -0.2) is 36.0 Å². The molecule has 0 spiro atoms. The van der Waals surface area contributed by atoms with Crippen LogP contribution >= 0.6 is 22.7 Å². The normalized spacial score (nSPS) is 17.2. The molecular formula is C27H24N2O5S2. The van der Waals surface area contributed by atoms with Gasteiger partial charge in [0.15, 0.2) is 5.13 Å². The van der Waals surface area contributed by atoms with Gasteiger partial charge in [0, 0.05) is 4.88 Å². The van der Waals surface area contributed by atoms with Crippen LogP contribution in [-0.2, 0) is 9.59 Å². The van der Waals surface area contributed by atoms with Gasteiger partial charge in [-0.1, -0.05) is 23.5 Å². The highest BCUT2D eigenvalue weighted by atomic mass is 32.1. The molecule has 1 unspecified atom stereocenters. The Morgan fingerprint density at radius 2 is 1.83 bits per heavy atom. The van der Waals surface area contributed by atoms with Crippen molar-refractivity contribution in [1.82, 2.24) is 4.98 Å². The van der Waals surface area contributed by atoms with Crippen molar-refractivity contribution in [1.29, 1.82) is 0 Å². The quantitative estimate of drug-likeness (QED) is 0.199. The summed E-state index contributed by atoms with van der Waals surface area (Å²) in [5.41, 5.74) is 3.72. The summed E-state index contributed by atoms with van der Waals surface area (Å²) < 4.78 is 11.8. The van der Waals surface area contributed by atoms with Gasteiger partial charge in [0.2, 0.25) is 0 Å². The van der Waals surface area contributed by atoms with Crippen molar-refractivity contribution in [2.75, 3.05) is 19.1 Å². The van der Waals surface area contributed by atoms with Gasteiger partial charge in [0.1, 0.15) is 23.3 Å². The summed E-state index contributed by atoms with van der Waals surface area (Å²) in [5.74, 6) is -0.592. The number of fused-ring (bicyclic) bond motifs is 1. The van der Waals surface area contributed by atoms with E-state index < -0.39 is 17.7 Å². The third-order valence-corrected chi connectivity index (χ3v) is 8.18. The number of amides is 1. The standard InChI is InChI=1S/C27H24N2O5S2/c1-13-9-15(3)25(34-5)16(10-13)23(30)21-22(19-7-6-8-35-19)29(26(32)24(21)31)27-28-17-11-14(2)18(33-4)12-20(17)36-27/h6-12,22,30H,1-5H3/b23-21+. The van der Waals surface area contributed by atoms with Gasteiger partial charge >= 0.3 is 5.91 Å². The first-order valence-electron chi connectivity index (χ1n) is 11.2. The second kappa shape index (κ2) is 9.07. The van der Waals surface area contributed by atoms with Crippen molar-refractivity contribution in [3.8, 4) is 11.5 Å². The number of nitrogens with zero attached hydrogens (tertiary/aromatic N) is 2. The number of aromatic nitrogens is 1. The molecule has 1 aliphatic rings. The summed E-state index contributed by atoms with van der Waals surface area (Å²) >= 11 is 2.70. The Balaban J connectivity index is 1.74. The lowest BCUT2D eigenvalue weighted by Crippen LogP contribution is -2.28. The molecule has 1 amide bonds. The number of carbonyl (C=O) groups is 2. The number of Topliss-reactive ketones (excluding diaryl/α,β-unsaturated/α-hetero) is 1. The summed E-state index contributed by atoms with van der Waals surface area (Å²) in [6, 6.07) is 10.3. The monoisotopic (exact) mass is 520 g/mol. The molecule has 0 radical (unpaired) electrons. The molecule has 0 bridgehead atoms. The number of ether oxygens (including phenoxy) is 2. The van der Waals surface area contributed by atoms with E-state index in [9.17, 15) is 14.7 Å². The van der Waals surface area contributed by atoms with Gasteiger partial charge in [0.25, 0.3) is 5.78 Å². The Hall–Kier alpha value is -3.69. The Morgan fingerprint density at radius 1 is 1.06 bits per heavy atom. The number of aliphatic hydroxyl groups is 1. The highest BCUT2D eigenvalue weighted by molar-refractivity contribution is 7.22. The number of hydrogen-bond acceptors (Lipinski definition) is 8. The van der Waals surface area contributed by atoms with Gasteiger partial charge in [-0.25, -0.2) is 4.98 Å². The third-order valence-electron chi connectivity index (χ3n) is 6.24. The van der Waals surface area contributed by atoms with E-state index >= 15 is 0 Å². The first-order valence-corrected chi connectivity index (χ1v) is 12.9. The van der Waals surface area contributed by atoms with Crippen molar-refractivity contribution < 1.29 is 24.2 Å². The Morgan fingerprint density at radius 3 is 2.50 bits per heavy atom. The van der Waals surface area contributed by atoms with Crippen LogP contribution in [0.25, 0.3) is 16.0 Å². The van der Waals surface area contributed by atoms with E-state index in [2.05, 4.69) is 0 Å². The average molecular weight is 521 g/mol. The lowest BCUT2D eigenvalue weighted by Gasteiger charge is -2.22. The highest BCUT2D eigenvalue weighted by Crippen LogP contribution is 2.47. The molecule has 2 aromatic heterocycles. The predicted molar refractivity (Wildman–Crippen MR) is 142 cm³/mol. The van der Waals surface area contributed by atoms with Crippen LogP contribution in [0, 0.1) is 20.8 Å². The fraction of sp³-hybridized carbons (Fsp3) is 0.222. The van der Waals surface area contributed by atoms with E-state index in [-0.39, 0.29) is 11.3 Å². The van der Waals surface area contributed by atoms with E-state index in [0.717, 1.165) is 32.0 Å². The van der Waals surface area contributed by atoms with Gasteiger partial charge in [-0.15, -0.1) is 11.3 Å². The molecule has 1 saturated heterocycles. The predicted octanol–water partition coefficient (Wildman–Crippen LogP) is 5.93. The van der Waals surface area contributed by atoms with Gasteiger partial charge in [-0.3, -0.25) is 14.5 Å². The first kappa shape index (κ1) is 24.0. The molecule has 1 aliphatic heterocycles. The zero-order valence-electron chi connectivity index (χ0n) is 20.4. The van der Waals surface area contributed by atoms with Gasteiger partial charge in [0.05, 0.1) is 35.6 Å². The summed E-state index contributed by atoms with van der Waals surface area (Å²) in [5, 5.41) is 13.8. The maximum Gasteiger partial charge on any atom is 0.301 e. The fourth-order valence-corrected chi connectivity index (χ4v) is 6.49. The van der Waals surface area contributed by atoms with Gasteiger partial charge < -0.3 is 14.6 Å². The summed E-state index contributed by atoms with van der Waals surface area (Å²) in [4.78, 5) is 33.7. The van der Waals surface area contributed by atoms with Crippen LogP contribution in [0.2, 0.25) is 0 Å². The van der Waals surface area contributed by atoms with Gasteiger partial charge in [-0.2, -0.15) is 0 Å². The van der Waals surface area contributed by atoms with Crippen molar-refractivity contribution in [3.63, 3.8) is 0 Å². The maximum absolute atomic E-state index is 13.5. The number of thiazole rings is 1. The summed E-state index contributed by atoms with van der Waals surface area (Å²) in [6.07, 6.45) is 0. The molecule has 3 heterocycles. The Labute approximate surface area is 216 Å². The average Bonchev–Trinajstić information content (AvgIpc) is 3.56. The molecule has 5 rings (SSSR count). The fourth-order valence-electron chi connectivity index (χ4n) is 4.66. The van der Waals surface area contributed by atoms with Crippen LogP contribution in [0.3, 0.4) is 0 Å². The second-order valence-corrected chi connectivity index (χ2v) is 10.6. The number of benzene rings is 2. The van der Waals surface area contributed by atoms with Gasteiger partial charge in [-0.05, 0) is 67.1 Å². The number of thiophene rings is 1. The molecule has 1 fully saturated rings. The van der Waals surface area contributed by atoms with Crippen molar-refractivity contribution in [2.45, 2.75) is 26.8 Å². The third kappa shape index (κ3) is 3.75. The highest BCUT2D eigenvalue weighted by Gasteiger charge is 2.49. The molecule has 2 aromatic carbocycles. The molecule has 0 saturated carbocycles. The molecule has 9 heteroatoms. The number of aryl methyl sites for hydroxylation is 3. The van der Waals surface area contributed by atoms with E-state index in [1.807, 2.05) is 56.5 Å². The van der Waals surface area contributed by atoms with Crippen molar-refractivity contribution in [3.05, 3.63) is 74.5 Å². The molecule has 36 heavy (non-hydrogen) atoms. The molecular weight excluding hydrogens is 496 g/mol.